The zero-order valence-electron chi connectivity index (χ0n) is 13.7. The van der Waals surface area contributed by atoms with Crippen LogP contribution in [0.2, 0.25) is 5.02 Å². The number of nitrogens with zero attached hydrogens (tertiary/aromatic N) is 6. The predicted molar refractivity (Wildman–Crippen MR) is 93.2 cm³/mol. The maximum atomic E-state index is 6.49. The first kappa shape index (κ1) is 16.2. The Labute approximate surface area is 149 Å². The van der Waals surface area contributed by atoms with Gasteiger partial charge < -0.3 is 14.4 Å². The molecule has 0 spiro atoms. The molecule has 3 aromatic heterocycles. The van der Waals surface area contributed by atoms with Gasteiger partial charge in [-0.2, -0.15) is 4.98 Å². The summed E-state index contributed by atoms with van der Waals surface area (Å²) in [6.45, 7) is 3.16. The van der Waals surface area contributed by atoms with E-state index in [4.69, 9.17) is 26.1 Å². The number of halogens is 1. The van der Waals surface area contributed by atoms with Crippen LogP contribution in [0.15, 0.2) is 24.8 Å². The van der Waals surface area contributed by atoms with E-state index >= 15 is 0 Å². The lowest BCUT2D eigenvalue weighted by molar-refractivity contribution is 0.122. The van der Waals surface area contributed by atoms with Gasteiger partial charge in [0.05, 0.1) is 30.5 Å². The molecule has 0 bridgehead atoms. The fourth-order valence-corrected chi connectivity index (χ4v) is 3.06. The monoisotopic (exact) mass is 360 g/mol. The lowest BCUT2D eigenvalue weighted by Crippen LogP contribution is -2.37. The molecular weight excluding hydrogens is 344 g/mol. The molecule has 3 aromatic rings. The summed E-state index contributed by atoms with van der Waals surface area (Å²) in [6, 6.07) is 1.78. The lowest BCUT2D eigenvalue weighted by Gasteiger charge is -2.28. The number of aromatic nitrogens is 5. The van der Waals surface area contributed by atoms with Crippen molar-refractivity contribution in [2.75, 3.05) is 38.3 Å². The molecule has 4 rings (SSSR count). The molecule has 0 N–H and O–H groups in total. The maximum Gasteiger partial charge on any atom is 0.237 e. The van der Waals surface area contributed by atoms with Gasteiger partial charge >= 0.3 is 0 Å². The molecule has 4 heterocycles. The first-order valence-electron chi connectivity index (χ1n) is 7.93. The number of rotatable bonds is 4. The first-order chi connectivity index (χ1) is 12.3. The van der Waals surface area contributed by atoms with Gasteiger partial charge in [0.2, 0.25) is 5.95 Å². The van der Waals surface area contributed by atoms with Crippen molar-refractivity contribution in [1.82, 2.24) is 24.5 Å². The Morgan fingerprint density at radius 1 is 1.20 bits per heavy atom. The van der Waals surface area contributed by atoms with Gasteiger partial charge in [-0.3, -0.25) is 4.57 Å². The van der Waals surface area contributed by atoms with Gasteiger partial charge in [0.1, 0.15) is 17.4 Å². The van der Waals surface area contributed by atoms with Crippen LogP contribution in [0.25, 0.3) is 17.0 Å². The number of fused-ring (bicyclic) bond motifs is 1. The third-order valence-corrected chi connectivity index (χ3v) is 4.26. The highest BCUT2D eigenvalue weighted by molar-refractivity contribution is 6.35. The van der Waals surface area contributed by atoms with Gasteiger partial charge in [-0.25, -0.2) is 15.0 Å². The van der Waals surface area contributed by atoms with Crippen molar-refractivity contribution in [2.24, 2.45) is 0 Å². The van der Waals surface area contributed by atoms with Crippen LogP contribution in [-0.2, 0) is 16.1 Å². The number of hydrogen-bond donors (Lipinski definition) is 0. The molecule has 0 atom stereocenters. The van der Waals surface area contributed by atoms with Crippen molar-refractivity contribution in [3.05, 3.63) is 35.5 Å². The minimum Gasteiger partial charge on any atom is -0.378 e. The molecule has 1 saturated heterocycles. The van der Waals surface area contributed by atoms with Crippen molar-refractivity contribution in [3.63, 3.8) is 0 Å². The van der Waals surface area contributed by atoms with E-state index in [1.807, 2.05) is 0 Å². The topological polar surface area (TPSA) is 78.2 Å². The predicted octanol–water partition coefficient (Wildman–Crippen LogP) is 1.85. The Balaban J connectivity index is 1.93. The zero-order chi connectivity index (χ0) is 17.2. The Morgan fingerprint density at radius 3 is 2.76 bits per heavy atom. The molecule has 0 aliphatic carbocycles. The van der Waals surface area contributed by atoms with Gasteiger partial charge in [-0.05, 0) is 6.07 Å². The molecule has 25 heavy (non-hydrogen) atoms. The van der Waals surface area contributed by atoms with Crippen molar-refractivity contribution in [1.29, 1.82) is 0 Å². The number of morpholine rings is 1. The molecule has 130 valence electrons. The Kier molecular flexibility index (Phi) is 4.48. The van der Waals surface area contributed by atoms with Crippen LogP contribution in [0.3, 0.4) is 0 Å². The quantitative estimate of drug-likeness (QED) is 0.702. The number of methoxy groups -OCH3 is 1. The fourth-order valence-electron chi connectivity index (χ4n) is 2.80. The summed E-state index contributed by atoms with van der Waals surface area (Å²) in [4.78, 5) is 20.2. The highest BCUT2D eigenvalue weighted by atomic mass is 35.5. The van der Waals surface area contributed by atoms with Gasteiger partial charge in [-0.15, -0.1) is 0 Å². The number of hydrogen-bond acceptors (Lipinski definition) is 7. The van der Waals surface area contributed by atoms with E-state index in [1.54, 1.807) is 36.5 Å². The zero-order valence-corrected chi connectivity index (χ0v) is 14.5. The number of anilines is 1. The highest BCUT2D eigenvalue weighted by Crippen LogP contribution is 2.29. The normalized spacial score (nSPS) is 15.0. The van der Waals surface area contributed by atoms with E-state index in [0.29, 0.717) is 41.8 Å². The van der Waals surface area contributed by atoms with Crippen LogP contribution in [0.5, 0.6) is 0 Å². The third-order valence-electron chi connectivity index (χ3n) is 3.97. The summed E-state index contributed by atoms with van der Waals surface area (Å²) in [5, 5.41) is 0.523. The molecule has 8 nitrogen and oxygen atoms in total. The van der Waals surface area contributed by atoms with E-state index < -0.39 is 0 Å². The standard InChI is InChI=1S/C16H17ClN6O2/c1-24-9-11-8-12(17)13-14(19-11)15(22-4-6-25-7-5-22)21-16(20-13)23-3-2-18-10-23/h2-3,8,10H,4-7,9H2,1H3. The second-order valence-corrected chi connectivity index (χ2v) is 6.05. The molecule has 1 aliphatic heterocycles. The van der Waals surface area contributed by atoms with E-state index in [0.717, 1.165) is 24.6 Å². The van der Waals surface area contributed by atoms with Crippen molar-refractivity contribution in [2.45, 2.75) is 6.61 Å². The summed E-state index contributed by atoms with van der Waals surface area (Å²) in [6.07, 6.45) is 5.14. The van der Waals surface area contributed by atoms with Crippen LogP contribution in [0.4, 0.5) is 5.82 Å². The number of ether oxygens (including phenoxy) is 2. The highest BCUT2D eigenvalue weighted by Gasteiger charge is 2.21. The largest absolute Gasteiger partial charge is 0.378 e. The average Bonchev–Trinajstić information content (AvgIpc) is 3.17. The Bertz CT molecular complexity index is 880. The first-order valence-corrected chi connectivity index (χ1v) is 8.31. The SMILES string of the molecule is COCc1cc(Cl)c2nc(-n3ccnc3)nc(N3CCOCC3)c2n1. The van der Waals surface area contributed by atoms with Crippen molar-refractivity contribution >= 4 is 28.5 Å². The van der Waals surface area contributed by atoms with Crippen LogP contribution in [0.1, 0.15) is 5.69 Å². The van der Waals surface area contributed by atoms with Crippen LogP contribution >= 0.6 is 11.6 Å². The molecule has 0 aromatic carbocycles. The minimum atomic E-state index is 0.376. The van der Waals surface area contributed by atoms with Crippen LogP contribution in [-0.4, -0.2) is 57.9 Å². The second kappa shape index (κ2) is 6.91. The Hall–Kier alpha value is -2.29. The van der Waals surface area contributed by atoms with Gasteiger partial charge in [0.15, 0.2) is 5.82 Å². The summed E-state index contributed by atoms with van der Waals surface area (Å²) >= 11 is 6.49. The minimum absolute atomic E-state index is 0.376. The molecule has 9 heteroatoms. The van der Waals surface area contributed by atoms with E-state index in [9.17, 15) is 0 Å². The van der Waals surface area contributed by atoms with E-state index in [1.165, 1.54) is 0 Å². The van der Waals surface area contributed by atoms with Crippen LogP contribution in [0, 0.1) is 0 Å². The number of imidazole rings is 1. The lowest BCUT2D eigenvalue weighted by atomic mass is 10.2. The summed E-state index contributed by atoms with van der Waals surface area (Å²) in [5.41, 5.74) is 2.03. The van der Waals surface area contributed by atoms with E-state index in [-0.39, 0.29) is 0 Å². The summed E-state index contributed by atoms with van der Waals surface area (Å²) < 4.78 is 12.4. The number of pyridine rings is 1. The molecule has 1 fully saturated rings. The van der Waals surface area contributed by atoms with Gasteiger partial charge in [0.25, 0.3) is 0 Å². The molecule has 0 radical (unpaired) electrons. The second-order valence-electron chi connectivity index (χ2n) is 5.64. The Morgan fingerprint density at radius 2 is 2.04 bits per heavy atom. The molecule has 1 aliphatic rings. The molecule has 0 amide bonds. The molecule has 0 unspecified atom stereocenters. The van der Waals surface area contributed by atoms with E-state index in [2.05, 4.69) is 19.9 Å². The molecule has 0 saturated carbocycles. The van der Waals surface area contributed by atoms with Crippen molar-refractivity contribution < 1.29 is 9.47 Å². The molecular formula is C16H17ClN6O2. The third kappa shape index (κ3) is 3.15. The average molecular weight is 361 g/mol. The van der Waals surface area contributed by atoms with Gasteiger partial charge in [-0.1, -0.05) is 11.6 Å². The maximum absolute atomic E-state index is 6.49. The smallest absolute Gasteiger partial charge is 0.237 e. The summed E-state index contributed by atoms with van der Waals surface area (Å²) in [7, 11) is 1.63. The summed E-state index contributed by atoms with van der Waals surface area (Å²) in [5.74, 6) is 1.26. The van der Waals surface area contributed by atoms with Crippen molar-refractivity contribution in [3.8, 4) is 5.95 Å². The van der Waals surface area contributed by atoms with Crippen LogP contribution < -0.4 is 4.90 Å². The van der Waals surface area contributed by atoms with Gasteiger partial charge in [0, 0.05) is 32.6 Å². The fraction of sp³-hybridized carbons (Fsp3) is 0.375.